The van der Waals surface area contributed by atoms with Crippen molar-refractivity contribution in [1.82, 2.24) is 24.1 Å². The van der Waals surface area contributed by atoms with Crippen LogP contribution in [0.3, 0.4) is 0 Å². The van der Waals surface area contributed by atoms with E-state index in [1.54, 1.807) is 12.7 Å². The largest absolute Gasteiger partial charge is 0.301 e. The van der Waals surface area contributed by atoms with Crippen molar-refractivity contribution < 1.29 is 0 Å². The molecule has 0 aliphatic heterocycles. The number of hydrogen-bond acceptors (Lipinski definition) is 3. The second kappa shape index (κ2) is 5.60. The maximum absolute atomic E-state index is 4.89. The Bertz CT molecular complexity index is 981. The van der Waals surface area contributed by atoms with Crippen molar-refractivity contribution in [2.24, 2.45) is 0 Å². The Labute approximate surface area is 140 Å². The van der Waals surface area contributed by atoms with E-state index in [4.69, 9.17) is 4.98 Å². The van der Waals surface area contributed by atoms with Gasteiger partial charge in [0.25, 0.3) is 0 Å². The van der Waals surface area contributed by atoms with Crippen LogP contribution >= 0.6 is 0 Å². The van der Waals surface area contributed by atoms with E-state index in [2.05, 4.69) is 77.8 Å². The van der Waals surface area contributed by atoms with Crippen molar-refractivity contribution in [2.75, 3.05) is 0 Å². The lowest BCUT2D eigenvalue weighted by Crippen LogP contribution is -2.11. The monoisotopic (exact) mass is 317 g/mol. The summed E-state index contributed by atoms with van der Waals surface area (Å²) in [4.78, 5) is 8.97. The van der Waals surface area contributed by atoms with Crippen molar-refractivity contribution >= 4 is 5.65 Å². The third kappa shape index (κ3) is 2.38. The van der Waals surface area contributed by atoms with E-state index < -0.39 is 0 Å². The maximum atomic E-state index is 4.89. The normalized spacial score (nSPS) is 12.6. The third-order valence-electron chi connectivity index (χ3n) is 4.36. The van der Waals surface area contributed by atoms with Crippen LogP contribution in [-0.4, -0.2) is 24.1 Å². The van der Waals surface area contributed by atoms with Crippen molar-refractivity contribution in [2.45, 2.75) is 26.8 Å². The van der Waals surface area contributed by atoms with Gasteiger partial charge in [-0.1, -0.05) is 35.9 Å². The van der Waals surface area contributed by atoms with Crippen LogP contribution in [0.1, 0.15) is 29.8 Å². The molecule has 1 atom stereocenters. The van der Waals surface area contributed by atoms with E-state index >= 15 is 0 Å². The summed E-state index contributed by atoms with van der Waals surface area (Å²) in [5.74, 6) is 0. The minimum absolute atomic E-state index is 0.0283. The van der Waals surface area contributed by atoms with Gasteiger partial charge in [0.1, 0.15) is 18.3 Å². The summed E-state index contributed by atoms with van der Waals surface area (Å²) in [6.07, 6.45) is 5.44. The van der Waals surface area contributed by atoms with Crippen molar-refractivity contribution in [3.8, 4) is 11.3 Å². The predicted octanol–water partition coefficient (Wildman–Crippen LogP) is 3.82. The van der Waals surface area contributed by atoms with E-state index in [0.717, 1.165) is 22.6 Å². The summed E-state index contributed by atoms with van der Waals surface area (Å²) in [6.45, 7) is 6.31. The van der Waals surface area contributed by atoms with Crippen LogP contribution in [0.4, 0.5) is 0 Å². The van der Waals surface area contributed by atoms with Gasteiger partial charge in [-0.15, -0.1) is 0 Å². The lowest BCUT2D eigenvalue weighted by Gasteiger charge is -2.14. The number of rotatable bonds is 3. The van der Waals surface area contributed by atoms with Gasteiger partial charge in [-0.05, 0) is 32.4 Å². The van der Waals surface area contributed by atoms with Crippen molar-refractivity contribution in [3.05, 3.63) is 72.1 Å². The molecule has 5 heteroatoms. The fraction of sp³-hybridized carbons (Fsp3) is 0.211. The van der Waals surface area contributed by atoms with Crippen LogP contribution in [-0.2, 0) is 0 Å². The fourth-order valence-corrected chi connectivity index (χ4v) is 3.03. The first-order chi connectivity index (χ1) is 11.6. The molecule has 4 aromatic rings. The fourth-order valence-electron chi connectivity index (χ4n) is 3.03. The highest BCUT2D eigenvalue weighted by molar-refractivity contribution is 5.67. The molecular weight excluding hydrogens is 298 g/mol. The number of nitrogens with zero attached hydrogens (tertiary/aromatic N) is 5. The molecule has 0 spiro atoms. The molecule has 0 saturated heterocycles. The molecule has 0 aliphatic rings. The van der Waals surface area contributed by atoms with E-state index in [1.807, 2.05) is 4.68 Å². The van der Waals surface area contributed by atoms with Crippen LogP contribution in [0.5, 0.6) is 0 Å². The van der Waals surface area contributed by atoms with Gasteiger partial charge in [0, 0.05) is 11.8 Å². The number of aromatic nitrogens is 5. The summed E-state index contributed by atoms with van der Waals surface area (Å²) in [6, 6.07) is 12.7. The smallest absolute Gasteiger partial charge is 0.137 e. The number of pyridine rings is 1. The summed E-state index contributed by atoms with van der Waals surface area (Å²) >= 11 is 0. The van der Waals surface area contributed by atoms with Gasteiger partial charge in [0.05, 0.1) is 17.4 Å². The molecule has 0 radical (unpaired) electrons. The number of hydrogen-bond donors (Lipinski definition) is 0. The van der Waals surface area contributed by atoms with Gasteiger partial charge in [-0.3, -0.25) is 0 Å². The molecule has 1 aromatic carbocycles. The SMILES string of the molecule is Cc1ccc(-c2nc3ccc(C)cn3c2C(C)n2cncn2)cc1. The molecule has 0 aliphatic carbocycles. The number of imidazole rings is 1. The Morgan fingerprint density at radius 3 is 2.42 bits per heavy atom. The molecule has 3 aromatic heterocycles. The Hall–Kier alpha value is -2.95. The minimum atomic E-state index is 0.0283. The topological polar surface area (TPSA) is 48.0 Å². The van der Waals surface area contributed by atoms with Crippen LogP contribution in [0.25, 0.3) is 16.9 Å². The lowest BCUT2D eigenvalue weighted by atomic mass is 10.1. The van der Waals surface area contributed by atoms with Crippen molar-refractivity contribution in [3.63, 3.8) is 0 Å². The first-order valence-electron chi connectivity index (χ1n) is 8.03. The van der Waals surface area contributed by atoms with E-state index in [-0.39, 0.29) is 6.04 Å². The summed E-state index contributed by atoms with van der Waals surface area (Å²) in [5.41, 5.74) is 6.60. The zero-order valence-electron chi connectivity index (χ0n) is 14.0. The van der Waals surface area contributed by atoms with Gasteiger partial charge in [-0.25, -0.2) is 14.6 Å². The summed E-state index contributed by atoms with van der Waals surface area (Å²) in [7, 11) is 0. The van der Waals surface area contributed by atoms with E-state index in [9.17, 15) is 0 Å². The average Bonchev–Trinajstić information content (AvgIpc) is 3.22. The highest BCUT2D eigenvalue weighted by atomic mass is 15.3. The van der Waals surface area contributed by atoms with Gasteiger partial charge in [-0.2, -0.15) is 5.10 Å². The van der Waals surface area contributed by atoms with E-state index in [1.165, 1.54) is 11.1 Å². The molecule has 3 heterocycles. The number of fused-ring (bicyclic) bond motifs is 1. The second-order valence-electron chi connectivity index (χ2n) is 6.20. The minimum Gasteiger partial charge on any atom is -0.301 e. The Morgan fingerprint density at radius 1 is 0.958 bits per heavy atom. The van der Waals surface area contributed by atoms with Crippen LogP contribution in [0.15, 0.2) is 55.2 Å². The molecule has 1 unspecified atom stereocenters. The molecule has 4 rings (SSSR count). The Morgan fingerprint density at radius 2 is 1.71 bits per heavy atom. The number of benzene rings is 1. The Kier molecular flexibility index (Phi) is 3.41. The summed E-state index contributed by atoms with van der Waals surface area (Å²) in [5, 5.41) is 4.31. The molecule has 0 amide bonds. The number of aryl methyl sites for hydroxylation is 2. The van der Waals surface area contributed by atoms with E-state index in [0.29, 0.717) is 0 Å². The van der Waals surface area contributed by atoms with Gasteiger partial charge >= 0.3 is 0 Å². The quantitative estimate of drug-likeness (QED) is 0.577. The van der Waals surface area contributed by atoms with Crippen LogP contribution in [0.2, 0.25) is 0 Å². The molecule has 120 valence electrons. The molecule has 5 nitrogen and oxygen atoms in total. The zero-order valence-corrected chi connectivity index (χ0v) is 14.0. The molecular formula is C19H19N5. The van der Waals surface area contributed by atoms with Crippen LogP contribution < -0.4 is 0 Å². The maximum Gasteiger partial charge on any atom is 0.137 e. The molecule has 0 N–H and O–H groups in total. The second-order valence-corrected chi connectivity index (χ2v) is 6.20. The van der Waals surface area contributed by atoms with Gasteiger partial charge in [0.15, 0.2) is 0 Å². The van der Waals surface area contributed by atoms with Crippen LogP contribution in [0, 0.1) is 13.8 Å². The Balaban J connectivity index is 1.98. The van der Waals surface area contributed by atoms with Crippen molar-refractivity contribution in [1.29, 1.82) is 0 Å². The highest BCUT2D eigenvalue weighted by Gasteiger charge is 2.21. The third-order valence-corrected chi connectivity index (χ3v) is 4.36. The lowest BCUT2D eigenvalue weighted by molar-refractivity contribution is 0.547. The predicted molar refractivity (Wildman–Crippen MR) is 93.9 cm³/mol. The summed E-state index contributed by atoms with van der Waals surface area (Å²) < 4.78 is 4.03. The van der Waals surface area contributed by atoms with Gasteiger partial charge < -0.3 is 4.40 Å². The molecule has 0 bridgehead atoms. The molecule has 24 heavy (non-hydrogen) atoms. The van der Waals surface area contributed by atoms with Gasteiger partial charge in [0.2, 0.25) is 0 Å². The molecule has 0 saturated carbocycles. The zero-order chi connectivity index (χ0) is 16.7. The average molecular weight is 317 g/mol. The highest BCUT2D eigenvalue weighted by Crippen LogP contribution is 2.31. The first-order valence-corrected chi connectivity index (χ1v) is 8.03. The first kappa shape index (κ1) is 14.6. The standard InChI is InChI=1S/C19H19N5/c1-13-4-7-16(8-5-13)18-19(15(3)24-12-20-11-21-24)23-10-14(2)6-9-17(23)22-18/h4-12,15H,1-3H3. The molecule has 0 fully saturated rings.